The van der Waals surface area contributed by atoms with Crippen LogP contribution in [0.25, 0.3) is 0 Å². The van der Waals surface area contributed by atoms with Gasteiger partial charge >= 0.3 is 0 Å². The molecule has 1 amide bonds. The third-order valence-electron chi connectivity index (χ3n) is 3.93. The number of carbonyl (C=O) groups excluding carboxylic acids is 1. The summed E-state index contributed by atoms with van der Waals surface area (Å²) < 4.78 is 2.27. The highest BCUT2D eigenvalue weighted by atomic mass is 35.5. The van der Waals surface area contributed by atoms with Crippen LogP contribution in [0.4, 0.5) is 0 Å². The van der Waals surface area contributed by atoms with E-state index in [0.29, 0.717) is 17.3 Å². The van der Waals surface area contributed by atoms with Crippen LogP contribution in [0.1, 0.15) is 34.7 Å². The van der Waals surface area contributed by atoms with E-state index in [4.69, 9.17) is 11.6 Å². The summed E-state index contributed by atoms with van der Waals surface area (Å²) in [4.78, 5) is 18.4. The lowest BCUT2D eigenvalue weighted by atomic mass is 10.1. The Balaban J connectivity index is 1.91. The molecule has 0 radical (unpaired) electrons. The molecular formula is C15H16ClN3O. The maximum atomic E-state index is 12.6. The minimum absolute atomic E-state index is 0.00639. The first-order valence-electron chi connectivity index (χ1n) is 6.66. The molecule has 20 heavy (non-hydrogen) atoms. The van der Waals surface area contributed by atoms with Crippen LogP contribution in [-0.2, 0) is 6.54 Å². The van der Waals surface area contributed by atoms with Crippen LogP contribution in [-0.4, -0.2) is 26.9 Å². The first-order chi connectivity index (χ1) is 9.58. The fraction of sp³-hybridized carbons (Fsp3) is 0.333. The predicted octanol–water partition coefficient (Wildman–Crippen LogP) is 3.06. The highest BCUT2D eigenvalue weighted by Gasteiger charge is 2.29. The molecule has 0 N–H and O–H groups in total. The minimum Gasteiger partial charge on any atom is -0.345 e. The standard InChI is InChI=1S/C15H16ClN3O/c1-10-3-4-13-11(2)19(8-7-18(10)13)15(20)12-5-6-17-14(16)9-12/h3-6,9,11H,7-8H2,1-2H3. The van der Waals surface area contributed by atoms with Crippen molar-refractivity contribution in [2.45, 2.75) is 26.4 Å². The molecule has 4 nitrogen and oxygen atoms in total. The zero-order valence-electron chi connectivity index (χ0n) is 11.5. The average Bonchev–Trinajstić information content (AvgIpc) is 2.81. The van der Waals surface area contributed by atoms with Gasteiger partial charge in [0.1, 0.15) is 5.15 Å². The second-order valence-corrected chi connectivity index (χ2v) is 5.48. The first-order valence-corrected chi connectivity index (χ1v) is 7.04. The smallest absolute Gasteiger partial charge is 0.254 e. The van der Waals surface area contributed by atoms with Gasteiger partial charge in [-0.2, -0.15) is 0 Å². The maximum Gasteiger partial charge on any atom is 0.254 e. The van der Waals surface area contributed by atoms with Crippen molar-refractivity contribution in [1.82, 2.24) is 14.5 Å². The first kappa shape index (κ1) is 13.2. The van der Waals surface area contributed by atoms with Gasteiger partial charge in [0.05, 0.1) is 6.04 Å². The number of pyridine rings is 1. The number of fused-ring (bicyclic) bond motifs is 1. The number of hydrogen-bond donors (Lipinski definition) is 0. The largest absolute Gasteiger partial charge is 0.345 e. The Bertz CT molecular complexity index is 665. The van der Waals surface area contributed by atoms with Gasteiger partial charge in [0.2, 0.25) is 0 Å². The number of rotatable bonds is 1. The van der Waals surface area contributed by atoms with E-state index < -0.39 is 0 Å². The summed E-state index contributed by atoms with van der Waals surface area (Å²) in [6.07, 6.45) is 1.57. The van der Waals surface area contributed by atoms with Crippen LogP contribution in [0.15, 0.2) is 30.5 Å². The van der Waals surface area contributed by atoms with Crippen molar-refractivity contribution in [2.24, 2.45) is 0 Å². The molecule has 1 unspecified atom stereocenters. The van der Waals surface area contributed by atoms with Gasteiger partial charge in [-0.15, -0.1) is 0 Å². The molecule has 3 heterocycles. The molecule has 2 aromatic heterocycles. The van der Waals surface area contributed by atoms with Gasteiger partial charge in [0.25, 0.3) is 5.91 Å². The van der Waals surface area contributed by atoms with E-state index in [1.807, 2.05) is 4.90 Å². The Morgan fingerprint density at radius 2 is 2.15 bits per heavy atom. The molecule has 0 saturated heterocycles. The molecule has 0 spiro atoms. The second kappa shape index (κ2) is 4.94. The molecule has 1 aliphatic rings. The SMILES string of the molecule is Cc1ccc2n1CCN(C(=O)c1ccnc(Cl)c1)C2C. The second-order valence-electron chi connectivity index (χ2n) is 5.09. The molecule has 0 bridgehead atoms. The van der Waals surface area contributed by atoms with E-state index in [1.54, 1.807) is 18.3 Å². The van der Waals surface area contributed by atoms with E-state index in [-0.39, 0.29) is 11.9 Å². The fourth-order valence-electron chi connectivity index (χ4n) is 2.80. The lowest BCUT2D eigenvalue weighted by molar-refractivity contribution is 0.0643. The van der Waals surface area contributed by atoms with Crippen molar-refractivity contribution in [1.29, 1.82) is 0 Å². The average molecular weight is 290 g/mol. The van der Waals surface area contributed by atoms with E-state index in [1.165, 1.54) is 11.4 Å². The highest BCUT2D eigenvalue weighted by molar-refractivity contribution is 6.29. The molecule has 1 atom stereocenters. The summed E-state index contributed by atoms with van der Waals surface area (Å²) in [5.41, 5.74) is 3.02. The van der Waals surface area contributed by atoms with E-state index in [2.05, 4.69) is 35.5 Å². The lowest BCUT2D eigenvalue weighted by Gasteiger charge is -2.35. The molecule has 1 aliphatic heterocycles. The van der Waals surface area contributed by atoms with Gasteiger partial charge in [-0.3, -0.25) is 4.79 Å². The zero-order chi connectivity index (χ0) is 14.3. The van der Waals surface area contributed by atoms with Crippen molar-refractivity contribution < 1.29 is 4.79 Å². The number of hydrogen-bond acceptors (Lipinski definition) is 2. The van der Waals surface area contributed by atoms with Crippen LogP contribution in [0.2, 0.25) is 5.15 Å². The van der Waals surface area contributed by atoms with E-state index >= 15 is 0 Å². The summed E-state index contributed by atoms with van der Waals surface area (Å²) in [5, 5.41) is 0.347. The number of aromatic nitrogens is 2. The molecule has 3 rings (SSSR count). The summed E-state index contributed by atoms with van der Waals surface area (Å²) in [5.74, 6) is 0.00639. The Kier molecular flexibility index (Phi) is 3.26. The Hall–Kier alpha value is -1.81. The molecule has 0 saturated carbocycles. The topological polar surface area (TPSA) is 38.1 Å². The third kappa shape index (κ3) is 2.10. The molecule has 0 aliphatic carbocycles. The number of halogens is 1. The van der Waals surface area contributed by atoms with Gasteiger partial charge < -0.3 is 9.47 Å². The summed E-state index contributed by atoms with van der Waals surface area (Å²) in [7, 11) is 0. The van der Waals surface area contributed by atoms with Crippen molar-refractivity contribution >= 4 is 17.5 Å². The summed E-state index contributed by atoms with van der Waals surface area (Å²) in [6, 6.07) is 7.59. The molecule has 0 fully saturated rings. The summed E-state index contributed by atoms with van der Waals surface area (Å²) >= 11 is 5.86. The van der Waals surface area contributed by atoms with E-state index in [9.17, 15) is 4.79 Å². The van der Waals surface area contributed by atoms with Crippen molar-refractivity contribution in [3.8, 4) is 0 Å². The minimum atomic E-state index is 0.00639. The highest BCUT2D eigenvalue weighted by Crippen LogP contribution is 2.28. The van der Waals surface area contributed by atoms with Crippen LogP contribution in [0.5, 0.6) is 0 Å². The monoisotopic (exact) mass is 289 g/mol. The molecule has 5 heteroatoms. The Morgan fingerprint density at radius 1 is 1.35 bits per heavy atom. The molecule has 104 valence electrons. The quantitative estimate of drug-likeness (QED) is 0.757. The van der Waals surface area contributed by atoms with Crippen molar-refractivity contribution in [3.63, 3.8) is 0 Å². The number of aryl methyl sites for hydroxylation is 1. The van der Waals surface area contributed by atoms with Gasteiger partial charge in [-0.25, -0.2) is 4.98 Å². The van der Waals surface area contributed by atoms with Gasteiger partial charge in [-0.05, 0) is 38.1 Å². The molecule has 0 aromatic carbocycles. The van der Waals surface area contributed by atoms with Crippen LogP contribution in [0.3, 0.4) is 0 Å². The van der Waals surface area contributed by atoms with Crippen LogP contribution < -0.4 is 0 Å². The molecular weight excluding hydrogens is 274 g/mol. The fourth-order valence-corrected chi connectivity index (χ4v) is 2.97. The number of nitrogens with zero attached hydrogens (tertiary/aromatic N) is 3. The van der Waals surface area contributed by atoms with Gasteiger partial charge in [0.15, 0.2) is 0 Å². The van der Waals surface area contributed by atoms with Crippen LogP contribution >= 0.6 is 11.6 Å². The van der Waals surface area contributed by atoms with Crippen molar-refractivity contribution in [3.05, 3.63) is 52.6 Å². The summed E-state index contributed by atoms with van der Waals surface area (Å²) in [6.45, 7) is 5.70. The Labute approximate surface area is 123 Å². The Morgan fingerprint density at radius 3 is 2.90 bits per heavy atom. The lowest BCUT2D eigenvalue weighted by Crippen LogP contribution is -2.41. The predicted molar refractivity (Wildman–Crippen MR) is 77.9 cm³/mol. The van der Waals surface area contributed by atoms with Crippen LogP contribution in [0, 0.1) is 6.92 Å². The maximum absolute atomic E-state index is 12.6. The van der Waals surface area contributed by atoms with Crippen molar-refractivity contribution in [2.75, 3.05) is 6.54 Å². The number of amides is 1. The van der Waals surface area contributed by atoms with E-state index in [0.717, 1.165) is 6.54 Å². The number of carbonyl (C=O) groups is 1. The third-order valence-corrected chi connectivity index (χ3v) is 4.13. The zero-order valence-corrected chi connectivity index (χ0v) is 12.3. The van der Waals surface area contributed by atoms with Gasteiger partial charge in [0, 0.05) is 36.2 Å². The molecule has 2 aromatic rings. The normalized spacial score (nSPS) is 17.9. The van der Waals surface area contributed by atoms with Gasteiger partial charge in [-0.1, -0.05) is 11.6 Å².